The highest BCUT2D eigenvalue weighted by atomic mass is 15.1. The number of hydrogen-bond donors (Lipinski definition) is 1. The van der Waals surface area contributed by atoms with Gasteiger partial charge >= 0.3 is 0 Å². The van der Waals surface area contributed by atoms with Gasteiger partial charge in [-0.25, -0.2) is 0 Å². The first-order valence-corrected chi connectivity index (χ1v) is 8.73. The summed E-state index contributed by atoms with van der Waals surface area (Å²) in [5.74, 6) is 0.896. The van der Waals surface area contributed by atoms with E-state index in [9.17, 15) is 0 Å². The fraction of sp³-hybridized carbons (Fsp3) is 1.00. The molecule has 1 aliphatic rings. The van der Waals surface area contributed by atoms with Crippen molar-refractivity contribution in [2.24, 2.45) is 5.92 Å². The monoisotopic (exact) mass is 268 g/mol. The Morgan fingerprint density at radius 2 is 1.68 bits per heavy atom. The molecule has 0 aromatic rings. The molecule has 0 spiro atoms. The fourth-order valence-electron chi connectivity index (χ4n) is 3.28. The van der Waals surface area contributed by atoms with Gasteiger partial charge in [-0.3, -0.25) is 0 Å². The molecule has 1 N–H and O–H groups in total. The van der Waals surface area contributed by atoms with E-state index in [1.54, 1.807) is 0 Å². The van der Waals surface area contributed by atoms with Gasteiger partial charge in [-0.05, 0) is 51.9 Å². The Morgan fingerprint density at radius 3 is 2.37 bits per heavy atom. The normalized spacial score (nSPS) is 20.8. The molecule has 1 unspecified atom stereocenters. The summed E-state index contributed by atoms with van der Waals surface area (Å²) in [6, 6.07) is 0. The molecule has 1 atom stereocenters. The first kappa shape index (κ1) is 17.0. The van der Waals surface area contributed by atoms with Crippen LogP contribution < -0.4 is 5.32 Å². The van der Waals surface area contributed by atoms with E-state index in [2.05, 4.69) is 24.2 Å². The first-order chi connectivity index (χ1) is 9.36. The van der Waals surface area contributed by atoms with E-state index in [0.717, 1.165) is 5.92 Å². The number of nitrogens with one attached hydrogen (secondary N) is 1. The van der Waals surface area contributed by atoms with E-state index < -0.39 is 0 Å². The molecule has 1 saturated heterocycles. The van der Waals surface area contributed by atoms with Crippen LogP contribution in [0.2, 0.25) is 0 Å². The lowest BCUT2D eigenvalue weighted by Gasteiger charge is -2.32. The van der Waals surface area contributed by atoms with Crippen molar-refractivity contribution in [1.29, 1.82) is 0 Å². The van der Waals surface area contributed by atoms with Crippen molar-refractivity contribution < 1.29 is 0 Å². The lowest BCUT2D eigenvalue weighted by Crippen LogP contribution is -2.39. The van der Waals surface area contributed by atoms with Gasteiger partial charge in [0, 0.05) is 6.54 Å². The number of unbranched alkanes of at least 4 members (excludes halogenated alkanes) is 7. The predicted molar refractivity (Wildman–Crippen MR) is 85.7 cm³/mol. The molecule has 0 aromatic heterocycles. The molecular weight excluding hydrogens is 232 g/mol. The largest absolute Gasteiger partial charge is 0.319 e. The average Bonchev–Trinajstić information content (AvgIpc) is 2.43. The van der Waals surface area contributed by atoms with Crippen molar-refractivity contribution in [3.8, 4) is 0 Å². The highest BCUT2D eigenvalue weighted by Gasteiger charge is 2.18. The van der Waals surface area contributed by atoms with E-state index in [-0.39, 0.29) is 0 Å². The number of hydrogen-bond acceptors (Lipinski definition) is 2. The number of likely N-dealkylation sites (tertiary alicyclic amines) is 1. The van der Waals surface area contributed by atoms with Crippen LogP contribution in [0.1, 0.15) is 71.1 Å². The van der Waals surface area contributed by atoms with Crippen LogP contribution in [0, 0.1) is 5.92 Å². The van der Waals surface area contributed by atoms with Crippen LogP contribution in [-0.4, -0.2) is 38.1 Å². The Morgan fingerprint density at radius 1 is 1.00 bits per heavy atom. The Bertz CT molecular complexity index is 192. The second-order valence-electron chi connectivity index (χ2n) is 6.34. The Balaban J connectivity index is 1.91. The third-order valence-corrected chi connectivity index (χ3v) is 4.42. The number of rotatable bonds is 11. The summed E-state index contributed by atoms with van der Waals surface area (Å²) in [5, 5.41) is 3.33. The van der Waals surface area contributed by atoms with Gasteiger partial charge in [0.25, 0.3) is 0 Å². The Labute approximate surface area is 121 Å². The molecule has 0 radical (unpaired) electrons. The highest BCUT2D eigenvalue weighted by molar-refractivity contribution is 4.74. The first-order valence-electron chi connectivity index (χ1n) is 8.73. The van der Waals surface area contributed by atoms with E-state index in [1.807, 2.05) is 0 Å². The van der Waals surface area contributed by atoms with Crippen molar-refractivity contribution in [3.05, 3.63) is 0 Å². The minimum atomic E-state index is 0.896. The zero-order valence-corrected chi connectivity index (χ0v) is 13.4. The van der Waals surface area contributed by atoms with E-state index in [0.29, 0.717) is 0 Å². The van der Waals surface area contributed by atoms with Crippen LogP contribution in [0.5, 0.6) is 0 Å². The SMILES string of the molecule is CCCCCCCCCCN1CCCC(CNC)C1. The summed E-state index contributed by atoms with van der Waals surface area (Å²) < 4.78 is 0. The summed E-state index contributed by atoms with van der Waals surface area (Å²) >= 11 is 0. The van der Waals surface area contributed by atoms with Gasteiger partial charge in [-0.15, -0.1) is 0 Å². The van der Waals surface area contributed by atoms with Crippen LogP contribution in [0.4, 0.5) is 0 Å². The van der Waals surface area contributed by atoms with Gasteiger partial charge in [-0.1, -0.05) is 51.9 Å². The van der Waals surface area contributed by atoms with Gasteiger partial charge in [0.2, 0.25) is 0 Å². The molecule has 0 bridgehead atoms. The molecule has 2 nitrogen and oxygen atoms in total. The number of nitrogens with zero attached hydrogens (tertiary/aromatic N) is 1. The second kappa shape index (κ2) is 11.7. The zero-order valence-electron chi connectivity index (χ0n) is 13.4. The van der Waals surface area contributed by atoms with Gasteiger partial charge < -0.3 is 10.2 Å². The molecule has 0 saturated carbocycles. The van der Waals surface area contributed by atoms with Crippen molar-refractivity contribution in [1.82, 2.24) is 10.2 Å². The molecule has 1 fully saturated rings. The summed E-state index contributed by atoms with van der Waals surface area (Å²) in [7, 11) is 2.08. The topological polar surface area (TPSA) is 15.3 Å². The third kappa shape index (κ3) is 8.65. The Kier molecular flexibility index (Phi) is 10.5. The molecule has 1 aliphatic heterocycles. The maximum atomic E-state index is 3.33. The number of piperidine rings is 1. The molecule has 0 aliphatic carbocycles. The van der Waals surface area contributed by atoms with Crippen LogP contribution in [0.15, 0.2) is 0 Å². The van der Waals surface area contributed by atoms with Crippen LogP contribution in [0.25, 0.3) is 0 Å². The van der Waals surface area contributed by atoms with E-state index >= 15 is 0 Å². The van der Waals surface area contributed by atoms with E-state index in [4.69, 9.17) is 0 Å². The maximum absolute atomic E-state index is 3.33. The molecule has 1 rings (SSSR count). The minimum absolute atomic E-state index is 0.896. The van der Waals surface area contributed by atoms with Gasteiger partial charge in [-0.2, -0.15) is 0 Å². The molecule has 0 aromatic carbocycles. The van der Waals surface area contributed by atoms with E-state index in [1.165, 1.54) is 90.4 Å². The lowest BCUT2D eigenvalue weighted by molar-refractivity contribution is 0.171. The molecular formula is C17H36N2. The average molecular weight is 268 g/mol. The van der Waals surface area contributed by atoms with Crippen molar-refractivity contribution in [2.75, 3.05) is 33.2 Å². The standard InChI is InChI=1S/C17H36N2/c1-3-4-5-6-7-8-9-10-13-19-14-11-12-17(16-19)15-18-2/h17-18H,3-16H2,1-2H3. The summed E-state index contributed by atoms with van der Waals surface area (Å²) in [4.78, 5) is 2.70. The molecule has 0 amide bonds. The van der Waals surface area contributed by atoms with Crippen molar-refractivity contribution in [3.63, 3.8) is 0 Å². The quantitative estimate of drug-likeness (QED) is 0.569. The smallest absolute Gasteiger partial charge is 0.00218 e. The molecule has 114 valence electrons. The second-order valence-corrected chi connectivity index (χ2v) is 6.34. The predicted octanol–water partition coefficient (Wildman–Crippen LogP) is 4.06. The van der Waals surface area contributed by atoms with Gasteiger partial charge in [0.1, 0.15) is 0 Å². The van der Waals surface area contributed by atoms with Crippen molar-refractivity contribution >= 4 is 0 Å². The lowest BCUT2D eigenvalue weighted by atomic mass is 9.97. The minimum Gasteiger partial charge on any atom is -0.319 e. The van der Waals surface area contributed by atoms with Crippen LogP contribution >= 0.6 is 0 Å². The molecule has 1 heterocycles. The zero-order chi connectivity index (χ0) is 13.8. The van der Waals surface area contributed by atoms with Crippen molar-refractivity contribution in [2.45, 2.75) is 71.1 Å². The molecule has 19 heavy (non-hydrogen) atoms. The molecule has 2 heteroatoms. The third-order valence-electron chi connectivity index (χ3n) is 4.42. The maximum Gasteiger partial charge on any atom is 0.00218 e. The summed E-state index contributed by atoms with van der Waals surface area (Å²) in [5.41, 5.74) is 0. The fourth-order valence-corrected chi connectivity index (χ4v) is 3.28. The summed E-state index contributed by atoms with van der Waals surface area (Å²) in [6.07, 6.45) is 14.3. The van der Waals surface area contributed by atoms with Crippen LogP contribution in [0.3, 0.4) is 0 Å². The highest BCUT2D eigenvalue weighted by Crippen LogP contribution is 2.16. The van der Waals surface area contributed by atoms with Crippen LogP contribution in [-0.2, 0) is 0 Å². The van der Waals surface area contributed by atoms with Gasteiger partial charge in [0.15, 0.2) is 0 Å². The summed E-state index contributed by atoms with van der Waals surface area (Å²) in [6.45, 7) is 7.51. The van der Waals surface area contributed by atoms with Gasteiger partial charge in [0.05, 0.1) is 0 Å². The Hall–Kier alpha value is -0.0800.